The van der Waals surface area contributed by atoms with Gasteiger partial charge in [0.2, 0.25) is 0 Å². The molecule has 0 aromatic heterocycles. The highest BCUT2D eigenvalue weighted by Gasteiger charge is 2.24. The topological polar surface area (TPSA) is 97.5 Å². The molecule has 1 unspecified atom stereocenters. The van der Waals surface area contributed by atoms with Gasteiger partial charge in [-0.15, -0.1) is 0 Å². The minimum atomic E-state index is -1.37. The maximum Gasteiger partial charge on any atom is 0.343 e. The standard InChI is InChI=1S/C12H15NO5S/c1-8(2)6-19(18)7-9-4-3-5-10(13(16)17)11(9)12(14)15/h3-5,8H,6-7H2,1-2H3,(H,14,15). The quantitative estimate of drug-likeness (QED) is 0.638. The molecule has 0 fully saturated rings. The lowest BCUT2D eigenvalue weighted by atomic mass is 10.1. The first-order chi connectivity index (χ1) is 8.82. The Morgan fingerprint density at radius 1 is 1.47 bits per heavy atom. The molecule has 7 heteroatoms. The third-order valence-electron chi connectivity index (χ3n) is 2.38. The first kappa shape index (κ1) is 15.3. The second-order valence-corrected chi connectivity index (χ2v) is 6.02. The van der Waals surface area contributed by atoms with Gasteiger partial charge in [-0.25, -0.2) is 4.79 Å². The minimum Gasteiger partial charge on any atom is -0.477 e. The lowest BCUT2D eigenvalue weighted by Gasteiger charge is -2.08. The fourth-order valence-electron chi connectivity index (χ4n) is 1.71. The largest absolute Gasteiger partial charge is 0.477 e. The summed E-state index contributed by atoms with van der Waals surface area (Å²) < 4.78 is 11.8. The van der Waals surface area contributed by atoms with E-state index in [1.54, 1.807) is 0 Å². The van der Waals surface area contributed by atoms with Gasteiger partial charge in [-0.05, 0) is 11.5 Å². The number of carboxylic acids is 1. The smallest absolute Gasteiger partial charge is 0.343 e. The van der Waals surface area contributed by atoms with E-state index >= 15 is 0 Å². The SMILES string of the molecule is CC(C)CS(=O)Cc1cccc([N+](=O)[O-])c1C(=O)O. The average Bonchev–Trinajstić information content (AvgIpc) is 2.26. The van der Waals surface area contributed by atoms with Gasteiger partial charge in [0.15, 0.2) is 0 Å². The Balaban J connectivity index is 3.14. The van der Waals surface area contributed by atoms with E-state index in [1.807, 2.05) is 13.8 Å². The zero-order valence-electron chi connectivity index (χ0n) is 10.7. The van der Waals surface area contributed by atoms with Gasteiger partial charge >= 0.3 is 5.97 Å². The van der Waals surface area contributed by atoms with Crippen LogP contribution < -0.4 is 0 Å². The molecule has 0 aliphatic heterocycles. The number of carbonyl (C=O) groups is 1. The number of nitro groups is 1. The van der Waals surface area contributed by atoms with Crippen LogP contribution in [0.5, 0.6) is 0 Å². The molecule has 104 valence electrons. The molecule has 6 nitrogen and oxygen atoms in total. The lowest BCUT2D eigenvalue weighted by Crippen LogP contribution is -2.12. The third kappa shape index (κ3) is 4.13. The number of carboxylic acid groups (broad SMARTS) is 1. The number of benzene rings is 1. The Labute approximate surface area is 113 Å². The third-order valence-corrected chi connectivity index (χ3v) is 4.05. The van der Waals surface area contributed by atoms with Gasteiger partial charge in [-0.1, -0.05) is 26.0 Å². The van der Waals surface area contributed by atoms with Crippen LogP contribution in [0.15, 0.2) is 18.2 Å². The highest BCUT2D eigenvalue weighted by molar-refractivity contribution is 7.84. The molecule has 0 aliphatic carbocycles. The first-order valence-corrected chi connectivity index (χ1v) is 7.16. The van der Waals surface area contributed by atoms with Crippen LogP contribution in [0, 0.1) is 16.0 Å². The Kier molecular flexibility index (Phi) is 5.17. The minimum absolute atomic E-state index is 0.0154. The fourth-order valence-corrected chi connectivity index (χ4v) is 3.16. The molecule has 19 heavy (non-hydrogen) atoms. The Morgan fingerprint density at radius 3 is 2.58 bits per heavy atom. The molecule has 1 aromatic rings. The van der Waals surface area contributed by atoms with Crippen LogP contribution in [0.3, 0.4) is 0 Å². The maximum atomic E-state index is 11.8. The van der Waals surface area contributed by atoms with E-state index in [0.29, 0.717) is 5.75 Å². The highest BCUT2D eigenvalue weighted by atomic mass is 32.2. The molecule has 0 bridgehead atoms. The average molecular weight is 285 g/mol. The molecule has 0 amide bonds. The summed E-state index contributed by atoms with van der Waals surface area (Å²) in [6, 6.07) is 4.01. The molecule has 1 aromatic carbocycles. The van der Waals surface area contributed by atoms with E-state index in [-0.39, 0.29) is 22.8 Å². The van der Waals surface area contributed by atoms with Gasteiger partial charge in [0.25, 0.3) is 5.69 Å². The van der Waals surface area contributed by atoms with Crippen molar-refractivity contribution in [1.82, 2.24) is 0 Å². The summed E-state index contributed by atoms with van der Waals surface area (Å²) in [5.41, 5.74) is -0.600. The number of rotatable bonds is 6. The van der Waals surface area contributed by atoms with Crippen LogP contribution in [0.4, 0.5) is 5.69 Å². The van der Waals surface area contributed by atoms with Crippen molar-refractivity contribution in [3.8, 4) is 0 Å². The van der Waals surface area contributed by atoms with E-state index in [2.05, 4.69) is 0 Å². The Morgan fingerprint density at radius 2 is 2.11 bits per heavy atom. The predicted octanol–water partition coefficient (Wildman–Crippen LogP) is 2.20. The summed E-state index contributed by atoms with van der Waals surface area (Å²) in [5.74, 6) is -0.708. The van der Waals surface area contributed by atoms with E-state index in [9.17, 15) is 19.1 Å². The van der Waals surface area contributed by atoms with Crippen LogP contribution in [0.1, 0.15) is 29.8 Å². The zero-order chi connectivity index (χ0) is 14.6. The van der Waals surface area contributed by atoms with Crippen molar-refractivity contribution in [2.75, 3.05) is 5.75 Å². The van der Waals surface area contributed by atoms with Gasteiger partial charge in [-0.3, -0.25) is 14.3 Å². The van der Waals surface area contributed by atoms with Crippen LogP contribution in [0.2, 0.25) is 0 Å². The van der Waals surface area contributed by atoms with Crippen LogP contribution >= 0.6 is 0 Å². The Hall–Kier alpha value is -1.76. The van der Waals surface area contributed by atoms with E-state index in [0.717, 1.165) is 6.07 Å². The van der Waals surface area contributed by atoms with E-state index in [4.69, 9.17) is 5.11 Å². The van der Waals surface area contributed by atoms with Crippen molar-refractivity contribution in [3.05, 3.63) is 39.4 Å². The normalized spacial score (nSPS) is 12.4. The van der Waals surface area contributed by atoms with Crippen molar-refractivity contribution < 1.29 is 19.0 Å². The maximum absolute atomic E-state index is 11.8. The van der Waals surface area contributed by atoms with Crippen molar-refractivity contribution in [1.29, 1.82) is 0 Å². The molecule has 0 radical (unpaired) electrons. The summed E-state index contributed by atoms with van der Waals surface area (Å²) in [6.45, 7) is 3.81. The number of hydrogen-bond donors (Lipinski definition) is 1. The summed E-state index contributed by atoms with van der Waals surface area (Å²) in [5, 5.41) is 19.9. The lowest BCUT2D eigenvalue weighted by molar-refractivity contribution is -0.385. The molecule has 0 saturated carbocycles. The molecule has 0 aliphatic rings. The number of nitro benzene ring substituents is 1. The molecular weight excluding hydrogens is 270 g/mol. The van der Waals surface area contributed by atoms with Gasteiger partial charge in [0.1, 0.15) is 5.56 Å². The van der Waals surface area contributed by atoms with Crippen LogP contribution in [-0.2, 0) is 16.6 Å². The van der Waals surface area contributed by atoms with Crippen molar-refractivity contribution in [2.24, 2.45) is 5.92 Å². The highest BCUT2D eigenvalue weighted by Crippen LogP contribution is 2.23. The number of aromatic carboxylic acids is 1. The van der Waals surface area contributed by atoms with Gasteiger partial charge in [0, 0.05) is 28.4 Å². The van der Waals surface area contributed by atoms with Crippen molar-refractivity contribution >= 4 is 22.5 Å². The van der Waals surface area contributed by atoms with Gasteiger partial charge in [0.05, 0.1) is 4.92 Å². The molecular formula is C12H15NO5S. The summed E-state index contributed by atoms with van der Waals surface area (Å²) in [7, 11) is -1.24. The van der Waals surface area contributed by atoms with E-state index in [1.165, 1.54) is 12.1 Å². The second-order valence-electron chi connectivity index (χ2n) is 4.52. The predicted molar refractivity (Wildman–Crippen MR) is 71.6 cm³/mol. The molecule has 1 rings (SSSR count). The van der Waals surface area contributed by atoms with Gasteiger partial charge < -0.3 is 5.11 Å². The first-order valence-electron chi connectivity index (χ1n) is 5.67. The van der Waals surface area contributed by atoms with Crippen LogP contribution in [-0.4, -0.2) is 26.0 Å². The zero-order valence-corrected chi connectivity index (χ0v) is 11.5. The Bertz CT molecular complexity index is 527. The summed E-state index contributed by atoms with van der Waals surface area (Å²) in [4.78, 5) is 21.2. The monoisotopic (exact) mass is 285 g/mol. The molecule has 1 N–H and O–H groups in total. The fraction of sp³-hybridized carbons (Fsp3) is 0.417. The number of nitrogens with zero attached hydrogens (tertiary/aromatic N) is 1. The molecule has 0 heterocycles. The molecule has 1 atom stereocenters. The van der Waals surface area contributed by atoms with E-state index < -0.39 is 27.4 Å². The second kappa shape index (κ2) is 6.42. The van der Waals surface area contributed by atoms with Crippen LogP contribution in [0.25, 0.3) is 0 Å². The van der Waals surface area contributed by atoms with Gasteiger partial charge in [-0.2, -0.15) is 0 Å². The summed E-state index contributed by atoms with van der Waals surface area (Å²) in [6.07, 6.45) is 0. The van der Waals surface area contributed by atoms with Crippen molar-refractivity contribution in [3.63, 3.8) is 0 Å². The summed E-state index contributed by atoms with van der Waals surface area (Å²) >= 11 is 0. The number of hydrogen-bond acceptors (Lipinski definition) is 4. The molecule has 0 saturated heterocycles. The van der Waals surface area contributed by atoms with Crippen molar-refractivity contribution in [2.45, 2.75) is 19.6 Å². The molecule has 0 spiro atoms.